The molecule has 1 N–H and O–H groups in total. The lowest BCUT2D eigenvalue weighted by atomic mass is 10.3. The topological polar surface area (TPSA) is 42.7 Å². The van der Waals surface area contributed by atoms with E-state index in [4.69, 9.17) is 0 Å². The molecule has 0 aliphatic rings. The van der Waals surface area contributed by atoms with E-state index >= 15 is 0 Å². The lowest BCUT2D eigenvalue weighted by molar-refractivity contribution is 0.660. The Morgan fingerprint density at radius 2 is 2.25 bits per heavy atom. The first-order chi connectivity index (χ1) is 7.69. The van der Waals surface area contributed by atoms with Crippen molar-refractivity contribution in [3.8, 4) is 0 Å². The number of nitrogens with zero attached hydrogens (tertiary/aromatic N) is 3. The van der Waals surface area contributed by atoms with Crippen molar-refractivity contribution < 1.29 is 0 Å². The summed E-state index contributed by atoms with van der Waals surface area (Å²) in [6, 6.07) is 2.03. The molecule has 0 aromatic carbocycles. The molecule has 2 rings (SSSR count). The van der Waals surface area contributed by atoms with E-state index in [1.165, 1.54) is 0 Å². The van der Waals surface area contributed by atoms with Gasteiger partial charge in [0.2, 0.25) is 0 Å². The standard InChI is InChI=1S/C11H13BrN4/c1-3-16-7-9(6-14-16)15-11-10(12)4-8(2)5-13-11/h4-7H,3H2,1-2H3,(H,13,15). The van der Waals surface area contributed by atoms with Crippen LogP contribution >= 0.6 is 15.9 Å². The minimum atomic E-state index is 0.807. The Morgan fingerprint density at radius 3 is 2.88 bits per heavy atom. The SMILES string of the molecule is CCn1cc(Nc2ncc(C)cc2Br)cn1. The maximum Gasteiger partial charge on any atom is 0.144 e. The fourth-order valence-electron chi connectivity index (χ4n) is 1.36. The smallest absolute Gasteiger partial charge is 0.144 e. The van der Waals surface area contributed by atoms with E-state index in [1.807, 2.05) is 30.1 Å². The molecule has 84 valence electrons. The van der Waals surface area contributed by atoms with Crippen LogP contribution in [-0.4, -0.2) is 14.8 Å². The summed E-state index contributed by atoms with van der Waals surface area (Å²) in [6.07, 6.45) is 5.57. The van der Waals surface area contributed by atoms with E-state index in [0.717, 1.165) is 28.1 Å². The van der Waals surface area contributed by atoms with E-state index in [2.05, 4.69) is 38.3 Å². The van der Waals surface area contributed by atoms with Crippen LogP contribution in [0, 0.1) is 6.92 Å². The van der Waals surface area contributed by atoms with Crippen LogP contribution < -0.4 is 5.32 Å². The van der Waals surface area contributed by atoms with E-state index in [9.17, 15) is 0 Å². The molecule has 0 radical (unpaired) electrons. The molecule has 0 spiro atoms. The number of rotatable bonds is 3. The average Bonchev–Trinajstić information content (AvgIpc) is 2.70. The van der Waals surface area contributed by atoms with Gasteiger partial charge in [-0.2, -0.15) is 5.10 Å². The molecule has 0 saturated carbocycles. The molecule has 0 atom stereocenters. The highest BCUT2D eigenvalue weighted by Gasteiger charge is 2.03. The summed E-state index contributed by atoms with van der Waals surface area (Å²) in [5, 5.41) is 7.40. The number of hydrogen-bond acceptors (Lipinski definition) is 3. The molecule has 0 aliphatic carbocycles. The number of aromatic nitrogens is 3. The molecule has 0 unspecified atom stereocenters. The number of halogens is 1. The summed E-state index contributed by atoms with van der Waals surface area (Å²) in [6.45, 7) is 4.93. The molecule has 2 heterocycles. The monoisotopic (exact) mass is 280 g/mol. The summed E-state index contributed by atoms with van der Waals surface area (Å²) in [5.74, 6) is 0.807. The Bertz CT molecular complexity index is 492. The number of aryl methyl sites for hydroxylation is 2. The van der Waals surface area contributed by atoms with Crippen LogP contribution in [0.4, 0.5) is 11.5 Å². The predicted octanol–water partition coefficient (Wildman–Crippen LogP) is 3.11. The molecule has 2 aromatic rings. The number of hydrogen-bond donors (Lipinski definition) is 1. The van der Waals surface area contributed by atoms with Gasteiger partial charge in [0, 0.05) is 18.9 Å². The minimum absolute atomic E-state index is 0.807. The largest absolute Gasteiger partial charge is 0.337 e. The second-order valence-electron chi connectivity index (χ2n) is 3.55. The Kier molecular flexibility index (Phi) is 3.24. The van der Waals surface area contributed by atoms with Crippen molar-refractivity contribution in [1.82, 2.24) is 14.8 Å². The van der Waals surface area contributed by atoms with Gasteiger partial charge in [0.05, 0.1) is 16.4 Å². The fraction of sp³-hybridized carbons (Fsp3) is 0.273. The van der Waals surface area contributed by atoms with Gasteiger partial charge in [0.15, 0.2) is 0 Å². The van der Waals surface area contributed by atoms with Crippen LogP contribution in [0.25, 0.3) is 0 Å². The van der Waals surface area contributed by atoms with Crippen LogP contribution in [0.5, 0.6) is 0 Å². The van der Waals surface area contributed by atoms with Crippen molar-refractivity contribution in [3.05, 3.63) is 34.7 Å². The third kappa shape index (κ3) is 2.41. The van der Waals surface area contributed by atoms with Gasteiger partial charge in [0.25, 0.3) is 0 Å². The summed E-state index contributed by atoms with van der Waals surface area (Å²) < 4.78 is 2.82. The fourth-order valence-corrected chi connectivity index (χ4v) is 1.93. The van der Waals surface area contributed by atoms with E-state index in [1.54, 1.807) is 6.20 Å². The highest BCUT2D eigenvalue weighted by Crippen LogP contribution is 2.23. The number of pyridine rings is 1. The third-order valence-electron chi connectivity index (χ3n) is 2.20. The molecular weight excluding hydrogens is 268 g/mol. The first kappa shape index (κ1) is 11.1. The van der Waals surface area contributed by atoms with Crippen LogP contribution in [-0.2, 0) is 6.54 Å². The predicted molar refractivity (Wildman–Crippen MR) is 67.9 cm³/mol. The van der Waals surface area contributed by atoms with Gasteiger partial charge in [-0.25, -0.2) is 4.98 Å². The average molecular weight is 281 g/mol. The van der Waals surface area contributed by atoms with Crippen LogP contribution in [0.15, 0.2) is 29.1 Å². The molecule has 0 fully saturated rings. The number of nitrogens with one attached hydrogen (secondary N) is 1. The van der Waals surface area contributed by atoms with Crippen molar-refractivity contribution in [3.63, 3.8) is 0 Å². The van der Waals surface area contributed by atoms with Crippen molar-refractivity contribution in [1.29, 1.82) is 0 Å². The lowest BCUT2D eigenvalue weighted by Gasteiger charge is -2.05. The van der Waals surface area contributed by atoms with E-state index < -0.39 is 0 Å². The van der Waals surface area contributed by atoms with Crippen molar-refractivity contribution in [2.24, 2.45) is 0 Å². The van der Waals surface area contributed by atoms with Gasteiger partial charge in [-0.3, -0.25) is 4.68 Å². The molecule has 4 nitrogen and oxygen atoms in total. The first-order valence-corrected chi connectivity index (χ1v) is 5.90. The zero-order chi connectivity index (χ0) is 11.5. The maximum absolute atomic E-state index is 4.31. The zero-order valence-corrected chi connectivity index (χ0v) is 10.8. The molecule has 0 amide bonds. The summed E-state index contributed by atoms with van der Waals surface area (Å²) in [7, 11) is 0. The normalized spacial score (nSPS) is 10.4. The molecule has 0 saturated heterocycles. The summed E-state index contributed by atoms with van der Waals surface area (Å²) in [5.41, 5.74) is 2.07. The molecule has 16 heavy (non-hydrogen) atoms. The van der Waals surface area contributed by atoms with Crippen molar-refractivity contribution in [2.45, 2.75) is 20.4 Å². The molecular formula is C11H13BrN4. The quantitative estimate of drug-likeness (QED) is 0.940. The van der Waals surface area contributed by atoms with Gasteiger partial charge in [0.1, 0.15) is 5.82 Å². The van der Waals surface area contributed by atoms with Crippen LogP contribution in [0.2, 0.25) is 0 Å². The van der Waals surface area contributed by atoms with Gasteiger partial charge < -0.3 is 5.32 Å². The highest BCUT2D eigenvalue weighted by atomic mass is 79.9. The Hall–Kier alpha value is -1.36. The zero-order valence-electron chi connectivity index (χ0n) is 9.24. The maximum atomic E-state index is 4.31. The van der Waals surface area contributed by atoms with Crippen molar-refractivity contribution >= 4 is 27.4 Å². The van der Waals surface area contributed by atoms with Gasteiger partial charge in [-0.15, -0.1) is 0 Å². The lowest BCUT2D eigenvalue weighted by Crippen LogP contribution is -1.95. The first-order valence-electron chi connectivity index (χ1n) is 5.10. The van der Waals surface area contributed by atoms with Crippen molar-refractivity contribution in [2.75, 3.05) is 5.32 Å². The van der Waals surface area contributed by atoms with Gasteiger partial charge in [-0.05, 0) is 41.4 Å². The van der Waals surface area contributed by atoms with Gasteiger partial charge >= 0.3 is 0 Å². The van der Waals surface area contributed by atoms with Crippen LogP contribution in [0.1, 0.15) is 12.5 Å². The second kappa shape index (κ2) is 4.65. The summed E-state index contributed by atoms with van der Waals surface area (Å²) in [4.78, 5) is 4.31. The minimum Gasteiger partial charge on any atom is -0.337 e. The Balaban J connectivity index is 2.20. The molecule has 2 aromatic heterocycles. The van der Waals surface area contributed by atoms with Crippen LogP contribution in [0.3, 0.4) is 0 Å². The van der Waals surface area contributed by atoms with E-state index in [0.29, 0.717) is 0 Å². The third-order valence-corrected chi connectivity index (χ3v) is 2.80. The molecule has 0 aliphatic heterocycles. The Morgan fingerprint density at radius 1 is 1.44 bits per heavy atom. The van der Waals surface area contributed by atoms with Gasteiger partial charge in [-0.1, -0.05) is 0 Å². The number of anilines is 2. The molecule has 0 bridgehead atoms. The molecule has 5 heteroatoms. The Labute approximate surface area is 103 Å². The second-order valence-corrected chi connectivity index (χ2v) is 4.41. The summed E-state index contributed by atoms with van der Waals surface area (Å²) >= 11 is 3.48. The highest BCUT2D eigenvalue weighted by molar-refractivity contribution is 9.10. The van der Waals surface area contributed by atoms with E-state index in [-0.39, 0.29) is 0 Å².